The summed E-state index contributed by atoms with van der Waals surface area (Å²) in [7, 11) is 0. The van der Waals surface area contributed by atoms with Crippen molar-refractivity contribution in [1.82, 2.24) is 0 Å². The van der Waals surface area contributed by atoms with Gasteiger partial charge in [-0.1, -0.05) is 36.3 Å². The first kappa shape index (κ1) is 10.6. The molecule has 0 heterocycles. The minimum absolute atomic E-state index is 0.0853. The van der Waals surface area contributed by atoms with Crippen LogP contribution < -0.4 is 0 Å². The first-order chi connectivity index (χ1) is 6.77. The Labute approximate surface area is 82.8 Å². The molecule has 0 aliphatic rings. The summed E-state index contributed by atoms with van der Waals surface area (Å²) in [4.78, 5) is 2.60. The molecule has 74 valence electrons. The lowest BCUT2D eigenvalue weighted by atomic mass is 10.1. The normalized spacial score (nSPS) is 11.9. The third-order valence-corrected chi connectivity index (χ3v) is 2.09. The second kappa shape index (κ2) is 5.27. The lowest BCUT2D eigenvalue weighted by Crippen LogP contribution is -2.00. The topological polar surface area (TPSA) is 69.0 Å². The fraction of sp³-hybridized carbons (Fsp3) is 0.400. The van der Waals surface area contributed by atoms with Crippen LogP contribution in [0.5, 0.6) is 0 Å². The summed E-state index contributed by atoms with van der Waals surface area (Å²) in [6.45, 7) is 2.16. The maximum Gasteiger partial charge on any atom is 0.0846 e. The van der Waals surface area contributed by atoms with Crippen molar-refractivity contribution in [3.05, 3.63) is 45.8 Å². The Morgan fingerprint density at radius 3 is 2.57 bits per heavy atom. The molecule has 0 radical (unpaired) electrons. The van der Waals surface area contributed by atoms with Gasteiger partial charge in [0.25, 0.3) is 0 Å². The van der Waals surface area contributed by atoms with Crippen molar-refractivity contribution in [3.63, 3.8) is 0 Å². The van der Waals surface area contributed by atoms with Gasteiger partial charge in [-0.2, -0.15) is 0 Å². The third kappa shape index (κ3) is 2.76. The van der Waals surface area contributed by atoms with E-state index in [2.05, 4.69) is 16.9 Å². The average molecular weight is 191 g/mol. The van der Waals surface area contributed by atoms with E-state index in [0.29, 0.717) is 0 Å². The summed E-state index contributed by atoms with van der Waals surface area (Å²) < 4.78 is 0. The molecule has 0 spiro atoms. The molecule has 14 heavy (non-hydrogen) atoms. The number of hydrogen-bond donors (Lipinski definition) is 1. The highest BCUT2D eigenvalue weighted by Gasteiger charge is 2.04. The molecule has 0 aromatic heterocycles. The largest absolute Gasteiger partial charge is 0.388 e. The van der Waals surface area contributed by atoms with E-state index in [4.69, 9.17) is 5.53 Å². The summed E-state index contributed by atoms with van der Waals surface area (Å²) >= 11 is 0. The van der Waals surface area contributed by atoms with Crippen molar-refractivity contribution in [2.24, 2.45) is 5.11 Å². The minimum Gasteiger partial charge on any atom is -0.388 e. The first-order valence-electron chi connectivity index (χ1n) is 4.55. The molecule has 0 fully saturated rings. The zero-order chi connectivity index (χ0) is 10.4. The predicted molar refractivity (Wildman–Crippen MR) is 54.8 cm³/mol. The van der Waals surface area contributed by atoms with E-state index in [0.717, 1.165) is 12.0 Å². The van der Waals surface area contributed by atoms with Crippen LogP contribution in [-0.4, -0.2) is 11.7 Å². The molecular formula is C10H13N3O. The zero-order valence-electron chi connectivity index (χ0n) is 8.09. The van der Waals surface area contributed by atoms with Gasteiger partial charge in [0.05, 0.1) is 12.6 Å². The van der Waals surface area contributed by atoms with Gasteiger partial charge >= 0.3 is 0 Å². The number of nitrogens with zero attached hydrogens (tertiary/aromatic N) is 3. The number of benzene rings is 1. The Morgan fingerprint density at radius 1 is 1.43 bits per heavy atom. The number of aryl methyl sites for hydroxylation is 1. The van der Waals surface area contributed by atoms with Crippen LogP contribution in [0.4, 0.5) is 0 Å². The van der Waals surface area contributed by atoms with Crippen molar-refractivity contribution in [2.45, 2.75) is 19.4 Å². The second-order valence-corrected chi connectivity index (χ2v) is 3.02. The number of hydrogen-bond acceptors (Lipinski definition) is 2. The highest BCUT2D eigenvalue weighted by atomic mass is 16.3. The van der Waals surface area contributed by atoms with E-state index < -0.39 is 6.10 Å². The molecule has 0 saturated heterocycles. The summed E-state index contributed by atoms with van der Waals surface area (Å²) in [6, 6.07) is 7.65. The van der Waals surface area contributed by atoms with Gasteiger partial charge in [0.1, 0.15) is 0 Å². The molecule has 0 unspecified atom stereocenters. The van der Waals surface area contributed by atoms with Crippen molar-refractivity contribution in [2.75, 3.05) is 6.54 Å². The number of aliphatic hydroxyl groups is 1. The van der Waals surface area contributed by atoms with Crippen LogP contribution >= 0.6 is 0 Å². The van der Waals surface area contributed by atoms with Crippen molar-refractivity contribution < 1.29 is 5.11 Å². The molecule has 0 saturated carbocycles. The lowest BCUT2D eigenvalue weighted by Gasteiger charge is -2.07. The van der Waals surface area contributed by atoms with Crippen LogP contribution in [0.3, 0.4) is 0 Å². The summed E-state index contributed by atoms with van der Waals surface area (Å²) in [5.74, 6) is 0. The maximum absolute atomic E-state index is 9.55. The van der Waals surface area contributed by atoms with Gasteiger partial charge in [0.2, 0.25) is 0 Å². The molecule has 1 atom stereocenters. The standard InChI is InChI=1S/C10H13N3O/c1-2-8-3-5-9(6-4-8)10(14)7-12-13-11/h3-6,10,14H,2,7H2,1H3/t10-/m0/s1. The molecule has 4 heteroatoms. The Kier molecular flexibility index (Phi) is 3.98. The summed E-state index contributed by atoms with van der Waals surface area (Å²) in [5, 5.41) is 12.9. The van der Waals surface area contributed by atoms with E-state index in [1.807, 2.05) is 24.3 Å². The molecule has 0 aliphatic heterocycles. The third-order valence-electron chi connectivity index (χ3n) is 2.09. The van der Waals surface area contributed by atoms with Gasteiger partial charge in [-0.25, -0.2) is 0 Å². The molecule has 1 aromatic rings. The van der Waals surface area contributed by atoms with Gasteiger partial charge in [-0.05, 0) is 23.1 Å². The quantitative estimate of drug-likeness (QED) is 0.443. The number of aliphatic hydroxyl groups excluding tert-OH is 1. The van der Waals surface area contributed by atoms with Crippen LogP contribution in [0.2, 0.25) is 0 Å². The fourth-order valence-electron chi connectivity index (χ4n) is 1.19. The fourth-order valence-corrected chi connectivity index (χ4v) is 1.19. The van der Waals surface area contributed by atoms with Gasteiger partial charge in [0.15, 0.2) is 0 Å². The summed E-state index contributed by atoms with van der Waals surface area (Å²) in [6.07, 6.45) is 0.281. The SMILES string of the molecule is CCc1ccc([C@@H](O)CN=[N+]=[N-])cc1. The summed E-state index contributed by atoms with van der Waals surface area (Å²) in [5.41, 5.74) is 10.1. The average Bonchev–Trinajstić information content (AvgIpc) is 2.26. The van der Waals surface area contributed by atoms with Gasteiger partial charge < -0.3 is 5.11 Å². The van der Waals surface area contributed by atoms with Crippen molar-refractivity contribution >= 4 is 0 Å². The predicted octanol–water partition coefficient (Wildman–Crippen LogP) is 2.59. The lowest BCUT2D eigenvalue weighted by molar-refractivity contribution is 0.187. The van der Waals surface area contributed by atoms with Crippen LogP contribution in [0, 0.1) is 0 Å². The van der Waals surface area contributed by atoms with E-state index in [-0.39, 0.29) is 6.54 Å². The molecule has 0 aliphatic carbocycles. The molecule has 4 nitrogen and oxygen atoms in total. The highest BCUT2D eigenvalue weighted by Crippen LogP contribution is 2.14. The number of azide groups is 1. The molecule has 1 aromatic carbocycles. The molecular weight excluding hydrogens is 178 g/mol. The zero-order valence-corrected chi connectivity index (χ0v) is 8.09. The van der Waals surface area contributed by atoms with E-state index in [1.165, 1.54) is 5.56 Å². The van der Waals surface area contributed by atoms with Crippen LogP contribution in [0.1, 0.15) is 24.2 Å². The van der Waals surface area contributed by atoms with Crippen LogP contribution in [-0.2, 0) is 6.42 Å². The van der Waals surface area contributed by atoms with E-state index in [9.17, 15) is 5.11 Å². The molecule has 1 rings (SSSR count). The minimum atomic E-state index is -0.697. The Hall–Kier alpha value is -1.51. The maximum atomic E-state index is 9.55. The van der Waals surface area contributed by atoms with Gasteiger partial charge in [-0.15, -0.1) is 0 Å². The van der Waals surface area contributed by atoms with Crippen molar-refractivity contribution in [3.8, 4) is 0 Å². The van der Waals surface area contributed by atoms with Gasteiger partial charge in [0, 0.05) is 4.91 Å². The molecule has 1 N–H and O–H groups in total. The van der Waals surface area contributed by atoms with E-state index >= 15 is 0 Å². The monoisotopic (exact) mass is 191 g/mol. The first-order valence-corrected chi connectivity index (χ1v) is 4.55. The Balaban J connectivity index is 2.70. The van der Waals surface area contributed by atoms with E-state index in [1.54, 1.807) is 0 Å². The molecule has 0 bridgehead atoms. The smallest absolute Gasteiger partial charge is 0.0846 e. The number of rotatable bonds is 4. The highest BCUT2D eigenvalue weighted by molar-refractivity contribution is 5.24. The second-order valence-electron chi connectivity index (χ2n) is 3.02. The van der Waals surface area contributed by atoms with Crippen molar-refractivity contribution in [1.29, 1.82) is 0 Å². The molecule has 0 amide bonds. The van der Waals surface area contributed by atoms with Crippen LogP contribution in [0.25, 0.3) is 10.4 Å². The van der Waals surface area contributed by atoms with Crippen LogP contribution in [0.15, 0.2) is 29.4 Å². The Morgan fingerprint density at radius 2 is 2.07 bits per heavy atom. The van der Waals surface area contributed by atoms with Gasteiger partial charge in [-0.3, -0.25) is 0 Å². The Bertz CT molecular complexity index is 328.